The van der Waals surface area contributed by atoms with Crippen molar-refractivity contribution in [1.82, 2.24) is 5.32 Å². The van der Waals surface area contributed by atoms with Gasteiger partial charge < -0.3 is 50.8 Å². The molecule has 41 heavy (non-hydrogen) atoms. The molecule has 0 aromatic heterocycles. The van der Waals surface area contributed by atoms with E-state index in [0.29, 0.717) is 0 Å². The monoisotopic (exact) mass is 610 g/mol. The number of amides is 1. The number of nitrogens with two attached hydrogens (primary N) is 1. The van der Waals surface area contributed by atoms with Crippen LogP contribution in [0.1, 0.15) is 53.9 Å². The highest BCUT2D eigenvalue weighted by molar-refractivity contribution is 7.90. The van der Waals surface area contributed by atoms with Crippen molar-refractivity contribution in [3.8, 4) is 0 Å². The topological polar surface area (TPSA) is 218 Å². The normalized spacial score (nSPS) is 36.5. The predicted molar refractivity (Wildman–Crippen MR) is 150 cm³/mol. The minimum atomic E-state index is -3.36. The van der Waals surface area contributed by atoms with E-state index in [4.69, 9.17) is 19.9 Å². The third-order valence-corrected chi connectivity index (χ3v) is 8.41. The summed E-state index contributed by atoms with van der Waals surface area (Å²) in [5, 5.41) is 56.1. The molecule has 2 aliphatic rings. The molecule has 2 aliphatic heterocycles. The number of aliphatic hydroxyl groups excluding tert-OH is 4. The van der Waals surface area contributed by atoms with Crippen molar-refractivity contribution in [2.24, 2.45) is 23.5 Å². The van der Waals surface area contributed by atoms with Crippen LogP contribution in [-0.2, 0) is 28.8 Å². The summed E-state index contributed by atoms with van der Waals surface area (Å²) in [5.41, 5.74) is 5.96. The number of hydrogen-bond acceptors (Lipinski definition) is 12. The van der Waals surface area contributed by atoms with Gasteiger partial charge in [-0.25, -0.2) is 8.42 Å². The molecule has 2 heterocycles. The lowest BCUT2D eigenvalue weighted by molar-refractivity contribution is -0.307. The Balaban J connectivity index is 2.37. The SMILES string of the molecule is CC(C)/C=C/[C@@H](C[C@@H]1O[C@](O)(C[C@@H](O)C(C)C)C[C@H](O)[C@H]1C(=O)NCCS(C)(=O)=O)OC1OC(C)C(O)C(N)C1O. The Hall–Kier alpha value is -1.20. The maximum Gasteiger partial charge on any atom is 0.228 e. The summed E-state index contributed by atoms with van der Waals surface area (Å²) in [6.45, 7) is 8.79. The van der Waals surface area contributed by atoms with E-state index in [9.17, 15) is 38.7 Å². The van der Waals surface area contributed by atoms with Crippen LogP contribution >= 0.6 is 0 Å². The van der Waals surface area contributed by atoms with Gasteiger partial charge in [-0.1, -0.05) is 39.8 Å². The molecule has 14 heteroatoms. The molecular formula is C27H50N2O11S. The fourth-order valence-electron chi connectivity index (χ4n) is 4.92. The molecule has 0 spiro atoms. The molecule has 0 radical (unpaired) electrons. The number of aliphatic hydroxyl groups is 5. The van der Waals surface area contributed by atoms with Gasteiger partial charge in [-0.2, -0.15) is 0 Å². The molecular weight excluding hydrogens is 560 g/mol. The molecule has 8 N–H and O–H groups in total. The Kier molecular flexibility index (Phi) is 13.2. The fraction of sp³-hybridized carbons (Fsp3) is 0.889. The number of carbonyl (C=O) groups is 1. The number of carbonyl (C=O) groups excluding carboxylic acids is 1. The number of hydrogen-bond donors (Lipinski definition) is 7. The summed E-state index contributed by atoms with van der Waals surface area (Å²) in [6, 6.07) is -1.04. The number of rotatable bonds is 13. The zero-order chi connectivity index (χ0) is 31.3. The molecule has 1 amide bonds. The van der Waals surface area contributed by atoms with Gasteiger partial charge in [0, 0.05) is 32.1 Å². The fourth-order valence-corrected chi connectivity index (χ4v) is 5.40. The van der Waals surface area contributed by atoms with Crippen molar-refractivity contribution in [1.29, 1.82) is 0 Å². The van der Waals surface area contributed by atoms with Crippen LogP contribution < -0.4 is 11.1 Å². The number of allylic oxidation sites excluding steroid dienone is 1. The van der Waals surface area contributed by atoms with Crippen molar-refractivity contribution in [2.75, 3.05) is 18.6 Å². The molecule has 0 aliphatic carbocycles. The van der Waals surface area contributed by atoms with Crippen LogP contribution in [-0.4, -0.2) is 119 Å². The first-order valence-electron chi connectivity index (χ1n) is 14.2. The minimum Gasteiger partial charge on any atom is -0.393 e. The first-order valence-corrected chi connectivity index (χ1v) is 16.2. The highest BCUT2D eigenvalue weighted by atomic mass is 32.2. The second-order valence-corrected chi connectivity index (χ2v) is 14.4. The Labute approximate surface area is 243 Å². The van der Waals surface area contributed by atoms with Crippen LogP contribution in [0, 0.1) is 17.8 Å². The quantitative estimate of drug-likeness (QED) is 0.122. The third-order valence-electron chi connectivity index (χ3n) is 7.47. The molecule has 2 saturated heterocycles. The Morgan fingerprint density at radius 1 is 1.17 bits per heavy atom. The zero-order valence-corrected chi connectivity index (χ0v) is 25.6. The van der Waals surface area contributed by atoms with Gasteiger partial charge in [0.25, 0.3) is 0 Å². The lowest BCUT2D eigenvalue weighted by Gasteiger charge is -2.46. The first-order chi connectivity index (χ1) is 18.8. The summed E-state index contributed by atoms with van der Waals surface area (Å²) >= 11 is 0. The van der Waals surface area contributed by atoms with E-state index in [1.165, 1.54) is 0 Å². The summed E-state index contributed by atoms with van der Waals surface area (Å²) < 4.78 is 40.9. The molecule has 11 atom stereocenters. The van der Waals surface area contributed by atoms with Crippen molar-refractivity contribution in [3.63, 3.8) is 0 Å². The van der Waals surface area contributed by atoms with Crippen LogP contribution in [0.25, 0.3) is 0 Å². The third kappa shape index (κ3) is 10.8. The Bertz CT molecular complexity index is 978. The van der Waals surface area contributed by atoms with E-state index in [-0.39, 0.29) is 43.4 Å². The van der Waals surface area contributed by atoms with Gasteiger partial charge in [0.05, 0.1) is 54.3 Å². The van der Waals surface area contributed by atoms with Gasteiger partial charge in [-0.05, 0) is 18.8 Å². The van der Waals surface area contributed by atoms with Gasteiger partial charge in [-0.15, -0.1) is 0 Å². The van der Waals surface area contributed by atoms with E-state index < -0.39 is 82.5 Å². The average molecular weight is 611 g/mol. The second-order valence-electron chi connectivity index (χ2n) is 12.1. The van der Waals surface area contributed by atoms with Crippen LogP contribution in [0.5, 0.6) is 0 Å². The summed E-state index contributed by atoms with van der Waals surface area (Å²) in [7, 11) is -3.36. The van der Waals surface area contributed by atoms with E-state index in [2.05, 4.69) is 5.32 Å². The van der Waals surface area contributed by atoms with Crippen molar-refractivity contribution >= 4 is 15.7 Å². The lowest BCUT2D eigenvalue weighted by atomic mass is 9.81. The van der Waals surface area contributed by atoms with E-state index >= 15 is 0 Å². The zero-order valence-electron chi connectivity index (χ0n) is 24.8. The Morgan fingerprint density at radius 3 is 2.37 bits per heavy atom. The second kappa shape index (κ2) is 15.0. The molecule has 2 fully saturated rings. The van der Waals surface area contributed by atoms with Gasteiger partial charge in [0.15, 0.2) is 12.1 Å². The van der Waals surface area contributed by atoms with Gasteiger partial charge in [0.2, 0.25) is 5.91 Å². The summed E-state index contributed by atoms with van der Waals surface area (Å²) in [4.78, 5) is 13.2. The molecule has 0 saturated carbocycles. The van der Waals surface area contributed by atoms with Crippen LogP contribution in [0.3, 0.4) is 0 Å². The molecule has 5 unspecified atom stereocenters. The number of ether oxygens (including phenoxy) is 3. The van der Waals surface area contributed by atoms with Crippen LogP contribution in [0.4, 0.5) is 0 Å². The highest BCUT2D eigenvalue weighted by Gasteiger charge is 2.50. The van der Waals surface area contributed by atoms with Gasteiger partial charge in [-0.3, -0.25) is 4.79 Å². The van der Waals surface area contributed by atoms with Crippen molar-refractivity contribution in [3.05, 3.63) is 12.2 Å². The summed E-state index contributed by atoms with van der Waals surface area (Å²) in [6.07, 6.45) is -4.96. The molecule has 0 aromatic rings. The van der Waals surface area contributed by atoms with Gasteiger partial charge in [0.1, 0.15) is 15.9 Å². The lowest BCUT2D eigenvalue weighted by Crippen LogP contribution is -2.62. The Morgan fingerprint density at radius 2 is 1.80 bits per heavy atom. The average Bonchev–Trinajstić information content (AvgIpc) is 2.82. The van der Waals surface area contributed by atoms with Crippen molar-refractivity contribution < 1.29 is 53.0 Å². The van der Waals surface area contributed by atoms with E-state index in [1.807, 2.05) is 19.9 Å². The minimum absolute atomic E-state index is 0.0902. The molecule has 240 valence electrons. The standard InChI is InChI=1S/C27H50N2O11S/c1-14(2)7-8-17(39-26-24(33)22(28)23(32)16(5)38-26)11-20-21(25(34)29-9-10-41(6,36)37)19(31)13-27(35,40-20)12-18(30)15(3)4/h7-8,14-24,26,30-33,35H,9-13,28H2,1-6H3,(H,29,34)/b8-7+/t16?,17-,18+,19-,20-,21+,22?,23?,24?,26?,27+/m0/s1. The predicted octanol–water partition coefficient (Wildman–Crippen LogP) is -1.21. The van der Waals surface area contributed by atoms with Crippen LogP contribution in [0.15, 0.2) is 12.2 Å². The molecule has 0 bridgehead atoms. The molecule has 0 aromatic carbocycles. The maximum absolute atomic E-state index is 13.2. The molecule has 2 rings (SSSR count). The largest absolute Gasteiger partial charge is 0.393 e. The van der Waals surface area contributed by atoms with Crippen LogP contribution in [0.2, 0.25) is 0 Å². The molecule has 13 nitrogen and oxygen atoms in total. The summed E-state index contributed by atoms with van der Waals surface area (Å²) in [5.74, 6) is -4.28. The highest BCUT2D eigenvalue weighted by Crippen LogP contribution is 2.38. The van der Waals surface area contributed by atoms with Gasteiger partial charge >= 0.3 is 0 Å². The smallest absolute Gasteiger partial charge is 0.228 e. The maximum atomic E-state index is 13.2. The first kappa shape index (κ1) is 36.0. The van der Waals surface area contributed by atoms with Crippen molar-refractivity contribution in [2.45, 2.75) is 115 Å². The number of sulfone groups is 1. The van der Waals surface area contributed by atoms with E-state index in [0.717, 1.165) is 6.26 Å². The van der Waals surface area contributed by atoms with E-state index in [1.54, 1.807) is 26.8 Å². The number of nitrogens with one attached hydrogen (secondary N) is 1.